The van der Waals surface area contributed by atoms with Crippen molar-refractivity contribution >= 4 is 17.7 Å². The van der Waals surface area contributed by atoms with Crippen LogP contribution < -0.4 is 10.6 Å². The summed E-state index contributed by atoms with van der Waals surface area (Å²) in [4.78, 5) is 41.1. The predicted molar refractivity (Wildman–Crippen MR) is 112 cm³/mol. The molecule has 7 nitrogen and oxygen atoms in total. The highest BCUT2D eigenvalue weighted by atomic mass is 16.2. The van der Waals surface area contributed by atoms with Crippen LogP contribution in [-0.2, 0) is 22.7 Å². The molecule has 3 fully saturated rings. The van der Waals surface area contributed by atoms with E-state index in [1.54, 1.807) is 4.90 Å². The van der Waals surface area contributed by atoms with E-state index in [2.05, 4.69) is 28.5 Å². The van der Waals surface area contributed by atoms with Crippen molar-refractivity contribution in [2.45, 2.75) is 64.2 Å². The van der Waals surface area contributed by atoms with E-state index in [-0.39, 0.29) is 24.1 Å². The molecule has 1 aromatic rings. The highest BCUT2D eigenvalue weighted by molar-refractivity contribution is 6.05. The molecule has 0 radical (unpaired) electrons. The van der Waals surface area contributed by atoms with Crippen molar-refractivity contribution in [3.63, 3.8) is 0 Å². The van der Waals surface area contributed by atoms with Gasteiger partial charge < -0.3 is 10.2 Å². The van der Waals surface area contributed by atoms with Crippen molar-refractivity contribution in [2.24, 2.45) is 5.41 Å². The summed E-state index contributed by atoms with van der Waals surface area (Å²) >= 11 is 0. The van der Waals surface area contributed by atoms with Crippen molar-refractivity contribution in [1.82, 2.24) is 20.4 Å². The Morgan fingerprint density at radius 3 is 2.90 bits per heavy atom. The molecule has 5 rings (SSSR count). The number of benzene rings is 1. The molecule has 3 heterocycles. The first kappa shape index (κ1) is 19.7. The van der Waals surface area contributed by atoms with Crippen LogP contribution in [0.4, 0.5) is 0 Å². The van der Waals surface area contributed by atoms with E-state index in [1.165, 1.54) is 24.8 Å². The largest absolute Gasteiger partial charge is 0.322 e. The van der Waals surface area contributed by atoms with E-state index in [9.17, 15) is 14.4 Å². The number of carbonyl (C=O) groups excluding carboxylic acids is 3. The Morgan fingerprint density at radius 2 is 2.07 bits per heavy atom. The van der Waals surface area contributed by atoms with Crippen molar-refractivity contribution in [3.05, 3.63) is 34.9 Å². The molecule has 3 atom stereocenters. The molecule has 30 heavy (non-hydrogen) atoms. The number of amides is 3. The van der Waals surface area contributed by atoms with Gasteiger partial charge in [-0.1, -0.05) is 25.5 Å². The molecule has 2 saturated heterocycles. The quantitative estimate of drug-likeness (QED) is 0.737. The predicted octanol–water partition coefficient (Wildman–Crippen LogP) is 1.41. The summed E-state index contributed by atoms with van der Waals surface area (Å²) in [6.07, 6.45) is 4.50. The van der Waals surface area contributed by atoms with Crippen LogP contribution in [0.3, 0.4) is 0 Å². The van der Waals surface area contributed by atoms with Crippen molar-refractivity contribution in [3.8, 4) is 0 Å². The van der Waals surface area contributed by atoms with Gasteiger partial charge in [0.25, 0.3) is 5.91 Å². The van der Waals surface area contributed by atoms with Crippen LogP contribution in [0.1, 0.15) is 60.5 Å². The molecule has 2 N–H and O–H groups in total. The molecule has 7 heteroatoms. The van der Waals surface area contributed by atoms with Crippen molar-refractivity contribution in [2.75, 3.05) is 19.6 Å². The first-order chi connectivity index (χ1) is 14.4. The van der Waals surface area contributed by atoms with Gasteiger partial charge in [0.15, 0.2) is 0 Å². The molecular weight excluding hydrogens is 380 g/mol. The second-order valence-corrected chi connectivity index (χ2v) is 9.61. The standard InChI is InChI=1S/C23H30N4O3/c1-23-9-3-6-19(23)24-10-11-26(14-23)12-15-4-2-5-16-17(15)13-27(22(16)30)18-7-8-20(28)25-21(18)29/h2,4-5,18-19,24H,3,6-14H2,1H3,(H,25,28,29)/t18?,19-,23+/m0/s1. The van der Waals surface area contributed by atoms with Gasteiger partial charge in [0, 0.05) is 50.7 Å². The summed E-state index contributed by atoms with van der Waals surface area (Å²) < 4.78 is 0. The second kappa shape index (κ2) is 7.46. The maximum Gasteiger partial charge on any atom is 0.255 e. The lowest BCUT2D eigenvalue weighted by atomic mass is 9.84. The lowest BCUT2D eigenvalue weighted by Gasteiger charge is -2.33. The van der Waals surface area contributed by atoms with Crippen LogP contribution in [0.25, 0.3) is 0 Å². The number of hydrogen-bond donors (Lipinski definition) is 2. The minimum absolute atomic E-state index is 0.0956. The molecule has 1 aromatic carbocycles. The Bertz CT molecular complexity index is 900. The zero-order valence-electron chi connectivity index (χ0n) is 17.6. The summed E-state index contributed by atoms with van der Waals surface area (Å²) in [6.45, 7) is 6.74. The number of rotatable bonds is 3. The molecule has 1 saturated carbocycles. The normalized spacial score (nSPS) is 32.0. The van der Waals surface area contributed by atoms with Crippen LogP contribution in [-0.4, -0.2) is 59.2 Å². The number of piperidine rings is 1. The molecule has 1 unspecified atom stereocenters. The maximum absolute atomic E-state index is 13.1. The summed E-state index contributed by atoms with van der Waals surface area (Å²) in [5.74, 6) is -0.705. The van der Waals surface area contributed by atoms with E-state index in [0.717, 1.165) is 31.7 Å². The highest BCUT2D eigenvalue weighted by Crippen LogP contribution is 2.40. The second-order valence-electron chi connectivity index (χ2n) is 9.61. The summed E-state index contributed by atoms with van der Waals surface area (Å²) in [6, 6.07) is 5.98. The van der Waals surface area contributed by atoms with Crippen molar-refractivity contribution < 1.29 is 14.4 Å². The van der Waals surface area contributed by atoms with Gasteiger partial charge in [-0.3, -0.25) is 24.6 Å². The van der Waals surface area contributed by atoms with Crippen LogP contribution in [0, 0.1) is 5.41 Å². The number of nitrogens with zero attached hydrogens (tertiary/aromatic N) is 2. The van der Waals surface area contributed by atoms with E-state index >= 15 is 0 Å². The van der Waals surface area contributed by atoms with Crippen molar-refractivity contribution in [1.29, 1.82) is 0 Å². The smallest absolute Gasteiger partial charge is 0.255 e. The number of nitrogens with one attached hydrogen (secondary N) is 2. The third-order valence-electron chi connectivity index (χ3n) is 7.56. The van der Waals surface area contributed by atoms with E-state index in [0.29, 0.717) is 30.0 Å². The maximum atomic E-state index is 13.1. The number of imide groups is 1. The van der Waals surface area contributed by atoms with Crippen LogP contribution in [0.5, 0.6) is 0 Å². The highest BCUT2D eigenvalue weighted by Gasteiger charge is 2.42. The van der Waals surface area contributed by atoms with Gasteiger partial charge in [-0.2, -0.15) is 0 Å². The van der Waals surface area contributed by atoms with Crippen LogP contribution >= 0.6 is 0 Å². The van der Waals surface area contributed by atoms with Gasteiger partial charge in [0.1, 0.15) is 6.04 Å². The number of carbonyl (C=O) groups is 3. The zero-order valence-corrected chi connectivity index (χ0v) is 17.6. The fourth-order valence-electron chi connectivity index (χ4n) is 5.93. The fraction of sp³-hybridized carbons (Fsp3) is 0.609. The lowest BCUT2D eigenvalue weighted by molar-refractivity contribution is -0.136. The van der Waals surface area contributed by atoms with Crippen LogP contribution in [0.15, 0.2) is 18.2 Å². The lowest BCUT2D eigenvalue weighted by Crippen LogP contribution is -2.52. The molecule has 0 bridgehead atoms. The SMILES string of the molecule is C[C@]12CCC[C@@H]1NCCN(Cc1cccc3c1CN(C1CCC(=O)NC1=O)C3=O)C2. The van der Waals surface area contributed by atoms with E-state index in [4.69, 9.17) is 0 Å². The Balaban J connectivity index is 1.35. The monoisotopic (exact) mass is 410 g/mol. The average molecular weight is 411 g/mol. The Labute approximate surface area is 177 Å². The topological polar surface area (TPSA) is 81.8 Å². The van der Waals surface area contributed by atoms with Gasteiger partial charge in [0.2, 0.25) is 11.8 Å². The first-order valence-corrected chi connectivity index (χ1v) is 11.2. The Kier molecular flexibility index (Phi) is 4.90. The molecule has 3 aliphatic heterocycles. The molecule has 4 aliphatic rings. The van der Waals surface area contributed by atoms with E-state index in [1.807, 2.05) is 12.1 Å². The third-order valence-corrected chi connectivity index (χ3v) is 7.56. The molecular formula is C23H30N4O3. The summed E-state index contributed by atoms with van der Waals surface area (Å²) in [7, 11) is 0. The van der Waals surface area contributed by atoms with Gasteiger partial charge >= 0.3 is 0 Å². The zero-order chi connectivity index (χ0) is 20.9. The number of hydrogen-bond acceptors (Lipinski definition) is 5. The molecule has 0 spiro atoms. The van der Waals surface area contributed by atoms with Gasteiger partial charge in [-0.15, -0.1) is 0 Å². The molecule has 0 aromatic heterocycles. The Hall–Kier alpha value is -2.25. The minimum Gasteiger partial charge on any atom is -0.322 e. The fourth-order valence-corrected chi connectivity index (χ4v) is 5.93. The average Bonchev–Trinajstić information content (AvgIpc) is 3.18. The van der Waals surface area contributed by atoms with E-state index < -0.39 is 6.04 Å². The van der Waals surface area contributed by atoms with Gasteiger partial charge in [-0.25, -0.2) is 0 Å². The summed E-state index contributed by atoms with van der Waals surface area (Å²) in [5, 5.41) is 6.12. The number of fused-ring (bicyclic) bond motifs is 2. The Morgan fingerprint density at radius 1 is 1.20 bits per heavy atom. The minimum atomic E-state index is -0.559. The molecule has 3 amide bonds. The molecule has 160 valence electrons. The first-order valence-electron chi connectivity index (χ1n) is 11.2. The third kappa shape index (κ3) is 3.34. The van der Waals surface area contributed by atoms with Gasteiger partial charge in [-0.05, 0) is 41.9 Å². The van der Waals surface area contributed by atoms with Gasteiger partial charge in [0.05, 0.1) is 0 Å². The van der Waals surface area contributed by atoms with Crippen LogP contribution in [0.2, 0.25) is 0 Å². The molecule has 1 aliphatic carbocycles. The summed E-state index contributed by atoms with van der Waals surface area (Å²) in [5.41, 5.74) is 3.23.